The van der Waals surface area contributed by atoms with Crippen molar-refractivity contribution in [3.63, 3.8) is 0 Å². The summed E-state index contributed by atoms with van der Waals surface area (Å²) in [6.45, 7) is 4.25. The van der Waals surface area contributed by atoms with E-state index in [1.165, 1.54) is 0 Å². The van der Waals surface area contributed by atoms with E-state index in [9.17, 15) is 4.39 Å². The van der Waals surface area contributed by atoms with E-state index in [1.807, 2.05) is 32.1 Å². The highest BCUT2D eigenvalue weighted by molar-refractivity contribution is 5.24. The lowest BCUT2D eigenvalue weighted by atomic mass is 9.97. The normalized spacial score (nSPS) is 21.0. The Bertz CT molecular complexity index is 161. The van der Waals surface area contributed by atoms with Crippen LogP contribution in [0.5, 0.6) is 0 Å². The fraction of sp³-hybridized carbons (Fsp3) is 0.600. The summed E-state index contributed by atoms with van der Waals surface area (Å²) < 4.78 is 12.1. The van der Waals surface area contributed by atoms with Crippen LogP contribution in [0.25, 0.3) is 0 Å². The highest BCUT2D eigenvalue weighted by Gasteiger charge is 2.06. The molecule has 0 aromatic rings. The van der Waals surface area contributed by atoms with E-state index in [-0.39, 0.29) is 12.6 Å². The van der Waals surface area contributed by atoms with Crippen LogP contribution in [0.2, 0.25) is 0 Å². The van der Waals surface area contributed by atoms with Crippen LogP contribution in [-0.4, -0.2) is 13.2 Å². The highest BCUT2D eigenvalue weighted by atomic mass is 19.1. The lowest BCUT2D eigenvalue weighted by Gasteiger charge is -2.11. The zero-order chi connectivity index (χ0) is 9.40. The van der Waals surface area contributed by atoms with Crippen LogP contribution in [0.3, 0.4) is 0 Å². The molecule has 1 unspecified atom stereocenters. The molecule has 1 nitrogen and oxygen atoms in total. The van der Waals surface area contributed by atoms with E-state index in [1.54, 1.807) is 0 Å². The van der Waals surface area contributed by atoms with Crippen molar-refractivity contribution in [1.82, 2.24) is 0 Å². The van der Waals surface area contributed by atoms with Gasteiger partial charge in [0.2, 0.25) is 0 Å². The molecule has 1 atom stereocenters. The zero-order valence-corrected chi connectivity index (χ0v) is 7.89. The van der Waals surface area contributed by atoms with Gasteiger partial charge in [0.05, 0.1) is 6.67 Å². The van der Waals surface area contributed by atoms with E-state index >= 15 is 0 Å². The third-order valence-electron chi connectivity index (χ3n) is 1.65. The van der Waals surface area contributed by atoms with Gasteiger partial charge in [-0.3, -0.25) is 4.39 Å². The molecule has 0 saturated heterocycles. The molecule has 0 amide bonds. The maximum absolute atomic E-state index is 12.1. The summed E-state index contributed by atoms with van der Waals surface area (Å²) in [6, 6.07) is 0. The van der Waals surface area contributed by atoms with Gasteiger partial charge >= 0.3 is 0 Å². The maximum atomic E-state index is 12.1. The number of alkyl halides is 1. The van der Waals surface area contributed by atoms with Crippen molar-refractivity contribution in [2.75, 3.05) is 13.2 Å². The minimum Gasteiger partial charge on any atom is -0.327 e. The molecule has 0 spiro atoms. The minimum atomic E-state index is -0.270. The summed E-state index contributed by atoms with van der Waals surface area (Å²) in [7, 11) is 0. The molecule has 0 radical (unpaired) electrons. The van der Waals surface area contributed by atoms with Gasteiger partial charge in [0, 0.05) is 12.5 Å². The maximum Gasteiger partial charge on any atom is 0.0960 e. The zero-order valence-electron chi connectivity index (χ0n) is 7.89. The van der Waals surface area contributed by atoms with Crippen molar-refractivity contribution in [2.45, 2.75) is 20.3 Å². The Balaban J connectivity index is 0.000000561. The molecule has 0 aliphatic heterocycles. The third-order valence-corrected chi connectivity index (χ3v) is 1.65. The minimum absolute atomic E-state index is 0.0727. The summed E-state index contributed by atoms with van der Waals surface area (Å²) >= 11 is 0. The van der Waals surface area contributed by atoms with Crippen molar-refractivity contribution >= 4 is 0 Å². The van der Waals surface area contributed by atoms with Crippen LogP contribution in [0.4, 0.5) is 4.39 Å². The summed E-state index contributed by atoms with van der Waals surface area (Å²) in [5, 5.41) is 0. The first-order chi connectivity index (χ1) is 5.86. The Labute approximate surface area is 74.1 Å². The second kappa shape index (κ2) is 7.04. The molecule has 1 rings (SSSR count). The predicted octanol–water partition coefficient (Wildman–Crippen LogP) is 2.44. The summed E-state index contributed by atoms with van der Waals surface area (Å²) in [5.41, 5.74) is 6.43. The van der Waals surface area contributed by atoms with Crippen LogP contribution < -0.4 is 5.73 Å². The molecular formula is C10H18FN. The molecule has 0 aromatic carbocycles. The monoisotopic (exact) mass is 171 g/mol. The molecule has 0 heterocycles. The molecule has 0 bridgehead atoms. The molecule has 12 heavy (non-hydrogen) atoms. The molecule has 0 fully saturated rings. The van der Waals surface area contributed by atoms with Gasteiger partial charge in [-0.15, -0.1) is 0 Å². The summed E-state index contributed by atoms with van der Waals surface area (Å²) in [6.07, 6.45) is 6.68. The topological polar surface area (TPSA) is 26.0 Å². The molecule has 0 saturated carbocycles. The van der Waals surface area contributed by atoms with Crippen molar-refractivity contribution in [3.8, 4) is 0 Å². The molecule has 0 aromatic heterocycles. The molecule has 70 valence electrons. The third kappa shape index (κ3) is 3.67. The predicted molar refractivity (Wildman–Crippen MR) is 51.7 cm³/mol. The molecule has 2 N–H and O–H groups in total. The largest absolute Gasteiger partial charge is 0.327 e. The smallest absolute Gasteiger partial charge is 0.0960 e. The molecular weight excluding hydrogens is 153 g/mol. The second-order valence-electron chi connectivity index (χ2n) is 2.50. The van der Waals surface area contributed by atoms with Gasteiger partial charge in [0.15, 0.2) is 0 Å². The van der Waals surface area contributed by atoms with Crippen LogP contribution >= 0.6 is 0 Å². The van der Waals surface area contributed by atoms with Gasteiger partial charge in [-0.05, 0) is 12.0 Å². The van der Waals surface area contributed by atoms with Crippen molar-refractivity contribution in [3.05, 3.63) is 23.8 Å². The Morgan fingerprint density at radius 1 is 1.58 bits per heavy atom. The number of allylic oxidation sites excluding steroid dienone is 2. The van der Waals surface area contributed by atoms with Gasteiger partial charge in [-0.2, -0.15) is 0 Å². The van der Waals surface area contributed by atoms with Crippen LogP contribution in [0, 0.1) is 5.92 Å². The van der Waals surface area contributed by atoms with E-state index in [0.29, 0.717) is 6.54 Å². The first-order valence-corrected chi connectivity index (χ1v) is 4.50. The van der Waals surface area contributed by atoms with Crippen LogP contribution in [-0.2, 0) is 0 Å². The fourth-order valence-electron chi connectivity index (χ4n) is 1.06. The van der Waals surface area contributed by atoms with Crippen LogP contribution in [0.15, 0.2) is 23.8 Å². The van der Waals surface area contributed by atoms with Gasteiger partial charge < -0.3 is 5.73 Å². The number of hydrogen-bond donors (Lipinski definition) is 1. The highest BCUT2D eigenvalue weighted by Crippen LogP contribution is 2.15. The van der Waals surface area contributed by atoms with Crippen molar-refractivity contribution in [2.24, 2.45) is 11.7 Å². The lowest BCUT2D eigenvalue weighted by molar-refractivity contribution is 0.410. The van der Waals surface area contributed by atoms with Crippen LogP contribution in [0.1, 0.15) is 20.3 Å². The van der Waals surface area contributed by atoms with Gasteiger partial charge in [0.25, 0.3) is 0 Å². The molecule has 1 aliphatic carbocycles. The Kier molecular flexibility index (Phi) is 6.67. The number of hydrogen-bond acceptors (Lipinski definition) is 1. The number of halogens is 1. The SMILES string of the molecule is CC.NCC1=CC(CF)CC=C1. The average molecular weight is 171 g/mol. The van der Waals surface area contributed by atoms with Crippen molar-refractivity contribution < 1.29 is 4.39 Å². The van der Waals surface area contributed by atoms with E-state index in [0.717, 1.165) is 12.0 Å². The Morgan fingerprint density at radius 2 is 2.25 bits per heavy atom. The first-order valence-electron chi connectivity index (χ1n) is 4.50. The standard InChI is InChI=1S/C8H12FN.C2H6/c9-5-7-2-1-3-8(4-7)6-10;1-2/h1,3-4,7H,2,5-6,10H2;1-2H3. The van der Waals surface area contributed by atoms with Crippen molar-refractivity contribution in [1.29, 1.82) is 0 Å². The lowest BCUT2D eigenvalue weighted by Crippen LogP contribution is -2.08. The first kappa shape index (κ1) is 11.4. The molecule has 1 aliphatic rings. The summed E-state index contributed by atoms with van der Waals surface area (Å²) in [4.78, 5) is 0. The number of nitrogens with two attached hydrogens (primary N) is 1. The van der Waals surface area contributed by atoms with Gasteiger partial charge in [0.1, 0.15) is 0 Å². The summed E-state index contributed by atoms with van der Waals surface area (Å²) in [5.74, 6) is 0.0727. The van der Waals surface area contributed by atoms with Gasteiger partial charge in [-0.1, -0.05) is 32.1 Å². The second-order valence-corrected chi connectivity index (χ2v) is 2.50. The van der Waals surface area contributed by atoms with E-state index in [4.69, 9.17) is 5.73 Å². The van der Waals surface area contributed by atoms with E-state index < -0.39 is 0 Å². The number of rotatable bonds is 2. The quantitative estimate of drug-likeness (QED) is 0.678. The van der Waals surface area contributed by atoms with E-state index in [2.05, 4.69) is 0 Å². The Morgan fingerprint density at radius 3 is 2.75 bits per heavy atom. The average Bonchev–Trinajstić information content (AvgIpc) is 2.21. The Hall–Kier alpha value is -0.630. The molecule has 2 heteroatoms. The fourth-order valence-corrected chi connectivity index (χ4v) is 1.06. The van der Waals surface area contributed by atoms with Gasteiger partial charge in [-0.25, -0.2) is 0 Å².